The number of hydrogen-bond acceptors (Lipinski definition) is 5. The van der Waals surface area contributed by atoms with Gasteiger partial charge in [-0.05, 0) is 49.6 Å². The van der Waals surface area contributed by atoms with Crippen molar-refractivity contribution in [1.82, 2.24) is 10.2 Å². The maximum absolute atomic E-state index is 12.6. The van der Waals surface area contributed by atoms with Crippen molar-refractivity contribution < 1.29 is 9.53 Å². The van der Waals surface area contributed by atoms with E-state index >= 15 is 0 Å². The Balaban J connectivity index is 1.55. The predicted molar refractivity (Wildman–Crippen MR) is 111 cm³/mol. The Labute approximate surface area is 163 Å². The van der Waals surface area contributed by atoms with Gasteiger partial charge in [-0.15, -0.1) is 0 Å². The lowest BCUT2D eigenvalue weighted by atomic mass is 9.85. The van der Waals surface area contributed by atoms with Crippen LogP contribution in [0.4, 0.5) is 17.2 Å². The van der Waals surface area contributed by atoms with Crippen molar-refractivity contribution in [2.45, 2.75) is 31.7 Å². The van der Waals surface area contributed by atoms with Gasteiger partial charge in [0.05, 0.1) is 18.3 Å². The number of amides is 1. The van der Waals surface area contributed by atoms with Crippen LogP contribution in [0.15, 0.2) is 42.5 Å². The highest BCUT2D eigenvalue weighted by atomic mass is 16.5. The predicted octanol–water partition coefficient (Wildman–Crippen LogP) is 3.77. The number of hydrogen-bond donors (Lipinski definition) is 4. The molecule has 146 valence electrons. The van der Waals surface area contributed by atoms with Crippen molar-refractivity contribution in [3.63, 3.8) is 0 Å². The van der Waals surface area contributed by atoms with Crippen molar-refractivity contribution >= 4 is 34.0 Å². The Morgan fingerprint density at radius 1 is 1.25 bits per heavy atom. The smallest absolute Gasteiger partial charge is 0.227 e. The number of carbonyl (C=O) groups is 1. The fourth-order valence-electron chi connectivity index (χ4n) is 3.77. The molecule has 1 fully saturated rings. The summed E-state index contributed by atoms with van der Waals surface area (Å²) in [6.45, 7) is 0. The molecule has 0 saturated heterocycles. The molecule has 1 aliphatic rings. The third-order valence-electron chi connectivity index (χ3n) is 5.28. The lowest BCUT2D eigenvalue weighted by Crippen LogP contribution is -2.34. The molecule has 7 nitrogen and oxygen atoms in total. The number of carbonyl (C=O) groups excluding carboxylic acids is 1. The highest BCUT2D eigenvalue weighted by Crippen LogP contribution is 2.31. The van der Waals surface area contributed by atoms with Crippen molar-refractivity contribution in [2.24, 2.45) is 11.7 Å². The number of benzene rings is 2. The molecule has 4 rings (SSSR count). The van der Waals surface area contributed by atoms with Crippen LogP contribution >= 0.6 is 0 Å². The van der Waals surface area contributed by atoms with Crippen LogP contribution in [0.1, 0.15) is 25.7 Å². The minimum atomic E-state index is -0.0185. The number of anilines is 3. The van der Waals surface area contributed by atoms with Gasteiger partial charge in [-0.2, -0.15) is 5.10 Å². The van der Waals surface area contributed by atoms with Crippen LogP contribution in [-0.4, -0.2) is 29.3 Å². The molecule has 1 saturated carbocycles. The second-order valence-electron chi connectivity index (χ2n) is 7.27. The Bertz CT molecular complexity index is 984. The van der Waals surface area contributed by atoms with Gasteiger partial charge in [0.1, 0.15) is 5.75 Å². The maximum atomic E-state index is 12.6. The Morgan fingerprint density at radius 2 is 2.11 bits per heavy atom. The molecule has 1 aromatic heterocycles. The van der Waals surface area contributed by atoms with Crippen LogP contribution in [-0.2, 0) is 4.79 Å². The Morgan fingerprint density at radius 3 is 2.93 bits per heavy atom. The third-order valence-corrected chi connectivity index (χ3v) is 5.28. The number of rotatable bonds is 5. The fraction of sp³-hybridized carbons (Fsp3) is 0.333. The van der Waals surface area contributed by atoms with Gasteiger partial charge in [0, 0.05) is 23.0 Å². The number of aromatic amines is 1. The van der Waals surface area contributed by atoms with Crippen LogP contribution in [0.5, 0.6) is 5.75 Å². The maximum Gasteiger partial charge on any atom is 0.227 e. The number of methoxy groups -OCH3 is 1. The van der Waals surface area contributed by atoms with Crippen molar-refractivity contribution in [3.8, 4) is 5.75 Å². The standard InChI is InChI=1S/C21H25N5O2/c1-28-19-8-3-2-7-18(19)24-20-16-12-15(9-10-17(16)25-26-20)23-21(27)13-5-4-6-14(22)11-13/h2-3,7-10,12-14H,4-6,11,22H2,1H3,(H,23,27)(H2,24,25,26). The number of fused-ring (bicyclic) bond motifs is 1. The van der Waals surface area contributed by atoms with E-state index in [2.05, 4.69) is 20.8 Å². The molecule has 0 bridgehead atoms. The fourth-order valence-corrected chi connectivity index (χ4v) is 3.77. The molecule has 7 heteroatoms. The lowest BCUT2D eigenvalue weighted by molar-refractivity contribution is -0.120. The van der Waals surface area contributed by atoms with E-state index in [0.29, 0.717) is 5.82 Å². The molecule has 1 aliphatic carbocycles. The largest absolute Gasteiger partial charge is 0.495 e. The zero-order valence-corrected chi connectivity index (χ0v) is 15.9. The molecule has 0 aliphatic heterocycles. The van der Waals surface area contributed by atoms with Crippen molar-refractivity contribution in [1.29, 1.82) is 0 Å². The number of nitrogens with one attached hydrogen (secondary N) is 3. The number of nitrogens with zero attached hydrogens (tertiary/aromatic N) is 1. The number of nitrogens with two attached hydrogens (primary N) is 1. The molecule has 3 aromatic rings. The summed E-state index contributed by atoms with van der Waals surface area (Å²) in [6.07, 6.45) is 3.66. The SMILES string of the molecule is COc1ccccc1Nc1n[nH]c2ccc(NC(=O)C3CCCC(N)C3)cc12. The van der Waals surface area contributed by atoms with Gasteiger partial charge in [0.2, 0.25) is 5.91 Å². The van der Waals surface area contributed by atoms with Crippen molar-refractivity contribution in [2.75, 3.05) is 17.7 Å². The molecule has 2 unspecified atom stereocenters. The molecule has 1 heterocycles. The van der Waals surface area contributed by atoms with E-state index in [0.717, 1.165) is 53.7 Å². The molecule has 0 radical (unpaired) electrons. The van der Waals surface area contributed by atoms with E-state index in [4.69, 9.17) is 10.5 Å². The number of H-pyrrole nitrogens is 1. The van der Waals surface area contributed by atoms with Crippen LogP contribution in [0.25, 0.3) is 10.9 Å². The van der Waals surface area contributed by atoms with Gasteiger partial charge in [-0.3, -0.25) is 9.89 Å². The summed E-state index contributed by atoms with van der Waals surface area (Å²) < 4.78 is 5.39. The third kappa shape index (κ3) is 3.80. The van der Waals surface area contributed by atoms with Crippen molar-refractivity contribution in [3.05, 3.63) is 42.5 Å². The van der Waals surface area contributed by atoms with Gasteiger partial charge in [-0.1, -0.05) is 18.6 Å². The normalized spacial score (nSPS) is 19.4. The average molecular weight is 379 g/mol. The van der Waals surface area contributed by atoms with E-state index < -0.39 is 0 Å². The van der Waals surface area contributed by atoms with Crippen LogP contribution in [0.3, 0.4) is 0 Å². The summed E-state index contributed by atoms with van der Waals surface area (Å²) in [7, 11) is 1.63. The minimum absolute atomic E-state index is 0.0185. The summed E-state index contributed by atoms with van der Waals surface area (Å²) in [4.78, 5) is 12.6. The highest BCUT2D eigenvalue weighted by Gasteiger charge is 2.25. The number of aromatic nitrogens is 2. The quantitative estimate of drug-likeness (QED) is 0.540. The molecule has 2 aromatic carbocycles. The Hall–Kier alpha value is -3.06. The average Bonchev–Trinajstić information content (AvgIpc) is 3.10. The van der Waals surface area contributed by atoms with Crippen LogP contribution in [0.2, 0.25) is 0 Å². The zero-order chi connectivity index (χ0) is 19.5. The lowest BCUT2D eigenvalue weighted by Gasteiger charge is -2.25. The molecule has 28 heavy (non-hydrogen) atoms. The van der Waals surface area contributed by atoms with E-state index in [-0.39, 0.29) is 17.9 Å². The molecular weight excluding hydrogens is 354 g/mol. The van der Waals surface area contributed by atoms with E-state index in [1.165, 1.54) is 0 Å². The Kier molecular flexibility index (Phi) is 5.16. The van der Waals surface area contributed by atoms with E-state index in [9.17, 15) is 4.79 Å². The molecule has 2 atom stereocenters. The summed E-state index contributed by atoms with van der Waals surface area (Å²) >= 11 is 0. The van der Waals surface area contributed by atoms with Gasteiger partial charge >= 0.3 is 0 Å². The van der Waals surface area contributed by atoms with E-state index in [1.807, 2.05) is 42.5 Å². The molecule has 5 N–H and O–H groups in total. The van der Waals surface area contributed by atoms with Gasteiger partial charge in [0.15, 0.2) is 5.82 Å². The number of ether oxygens (including phenoxy) is 1. The summed E-state index contributed by atoms with van der Waals surface area (Å²) in [5.41, 5.74) is 8.48. The monoisotopic (exact) mass is 379 g/mol. The zero-order valence-electron chi connectivity index (χ0n) is 15.9. The second kappa shape index (κ2) is 7.90. The molecule has 1 amide bonds. The summed E-state index contributed by atoms with van der Waals surface area (Å²) in [5.74, 6) is 1.43. The topological polar surface area (TPSA) is 105 Å². The van der Waals surface area contributed by atoms with Crippen LogP contribution in [0, 0.1) is 5.92 Å². The van der Waals surface area contributed by atoms with E-state index in [1.54, 1.807) is 7.11 Å². The first-order chi connectivity index (χ1) is 13.6. The van der Waals surface area contributed by atoms with Crippen LogP contribution < -0.4 is 21.1 Å². The number of para-hydroxylation sites is 2. The highest BCUT2D eigenvalue weighted by molar-refractivity contribution is 5.98. The van der Waals surface area contributed by atoms with Gasteiger partial charge in [-0.25, -0.2) is 0 Å². The summed E-state index contributed by atoms with van der Waals surface area (Å²) in [6, 6.07) is 13.5. The summed E-state index contributed by atoms with van der Waals surface area (Å²) in [5, 5.41) is 14.6. The second-order valence-corrected chi connectivity index (χ2v) is 7.27. The molecule has 0 spiro atoms. The van der Waals surface area contributed by atoms with Gasteiger partial charge in [0.25, 0.3) is 0 Å². The first-order valence-corrected chi connectivity index (χ1v) is 9.58. The first-order valence-electron chi connectivity index (χ1n) is 9.58. The molecular formula is C21H25N5O2. The minimum Gasteiger partial charge on any atom is -0.495 e. The van der Waals surface area contributed by atoms with Gasteiger partial charge < -0.3 is 21.1 Å². The first kappa shape index (κ1) is 18.3.